The highest BCUT2D eigenvalue weighted by atomic mass is 35.5. The number of hydrogen-bond acceptors (Lipinski definition) is 2. The summed E-state index contributed by atoms with van der Waals surface area (Å²) in [5.74, 6) is -1.47. The second kappa shape index (κ2) is 3.20. The molecule has 0 saturated heterocycles. The van der Waals surface area contributed by atoms with Crippen LogP contribution in [-0.4, -0.2) is 4.98 Å². The van der Waals surface area contributed by atoms with Crippen LogP contribution in [0.4, 0.5) is 8.78 Å². The second-order valence-corrected chi connectivity index (χ2v) is 3.80. The molecule has 5 heteroatoms. The normalized spacial score (nSPS) is 11.0. The van der Waals surface area contributed by atoms with Gasteiger partial charge in [-0.15, -0.1) is 22.9 Å². The number of aromatic nitrogens is 1. The Bertz CT molecular complexity index is 455. The molecular formula is C8H4ClF2NS. The van der Waals surface area contributed by atoms with Gasteiger partial charge in [-0.25, -0.2) is 13.8 Å². The first-order valence-electron chi connectivity index (χ1n) is 3.51. The molecule has 0 spiro atoms. The van der Waals surface area contributed by atoms with Crippen LogP contribution in [0.2, 0.25) is 0 Å². The molecule has 0 amide bonds. The first-order valence-corrected chi connectivity index (χ1v) is 4.87. The fourth-order valence-electron chi connectivity index (χ4n) is 1.04. The van der Waals surface area contributed by atoms with Gasteiger partial charge in [-0.05, 0) is 12.1 Å². The van der Waals surface area contributed by atoms with E-state index in [1.165, 1.54) is 6.07 Å². The summed E-state index contributed by atoms with van der Waals surface area (Å²) in [7, 11) is 0. The topological polar surface area (TPSA) is 12.9 Å². The van der Waals surface area contributed by atoms with Gasteiger partial charge in [0.1, 0.15) is 5.01 Å². The van der Waals surface area contributed by atoms with Crippen molar-refractivity contribution in [3.8, 4) is 0 Å². The van der Waals surface area contributed by atoms with Crippen LogP contribution in [0.15, 0.2) is 12.1 Å². The molecule has 1 heterocycles. The molecule has 13 heavy (non-hydrogen) atoms. The first kappa shape index (κ1) is 8.84. The van der Waals surface area contributed by atoms with Gasteiger partial charge in [0.2, 0.25) is 0 Å². The predicted octanol–water partition coefficient (Wildman–Crippen LogP) is 3.31. The lowest BCUT2D eigenvalue weighted by atomic mass is 10.3. The van der Waals surface area contributed by atoms with E-state index in [-0.39, 0.29) is 10.6 Å². The average molecular weight is 220 g/mol. The molecule has 0 bridgehead atoms. The van der Waals surface area contributed by atoms with Crippen LogP contribution >= 0.6 is 22.9 Å². The van der Waals surface area contributed by atoms with E-state index in [4.69, 9.17) is 11.6 Å². The third-order valence-corrected chi connectivity index (χ3v) is 3.08. The lowest BCUT2D eigenvalue weighted by Crippen LogP contribution is -1.81. The molecule has 2 rings (SSSR count). The van der Waals surface area contributed by atoms with Crippen LogP contribution in [0.25, 0.3) is 10.2 Å². The zero-order chi connectivity index (χ0) is 9.42. The molecule has 1 aromatic heterocycles. The van der Waals surface area contributed by atoms with E-state index in [1.807, 2.05) is 0 Å². The average Bonchev–Trinajstić information content (AvgIpc) is 2.55. The van der Waals surface area contributed by atoms with Gasteiger partial charge < -0.3 is 0 Å². The molecule has 0 N–H and O–H groups in total. The van der Waals surface area contributed by atoms with Crippen LogP contribution < -0.4 is 0 Å². The fourth-order valence-corrected chi connectivity index (χ4v) is 2.10. The minimum absolute atomic E-state index is 0.223. The first-order chi connectivity index (χ1) is 6.22. The molecule has 0 aliphatic carbocycles. The van der Waals surface area contributed by atoms with E-state index in [1.54, 1.807) is 0 Å². The van der Waals surface area contributed by atoms with Gasteiger partial charge in [0, 0.05) is 0 Å². The monoisotopic (exact) mass is 219 g/mol. The summed E-state index contributed by atoms with van der Waals surface area (Å²) in [6, 6.07) is 2.51. The molecule has 68 valence electrons. The van der Waals surface area contributed by atoms with Crippen molar-refractivity contribution >= 4 is 33.2 Å². The van der Waals surface area contributed by atoms with E-state index < -0.39 is 11.6 Å². The summed E-state index contributed by atoms with van der Waals surface area (Å²) in [4.78, 5) is 4.01. The van der Waals surface area contributed by atoms with Gasteiger partial charge >= 0.3 is 0 Å². The molecule has 0 radical (unpaired) electrons. The van der Waals surface area contributed by atoms with Gasteiger partial charge in [0.05, 0.1) is 16.1 Å². The molecule has 1 aromatic carbocycles. The standard InChI is InChI=1S/C8H4ClF2NS/c9-3-6-12-5-2-1-4(10)7(11)8(5)13-6/h1-2H,3H2. The number of rotatable bonds is 1. The maximum absolute atomic E-state index is 13.1. The molecule has 0 atom stereocenters. The third-order valence-electron chi connectivity index (χ3n) is 1.61. The Morgan fingerprint density at radius 1 is 1.38 bits per heavy atom. The molecule has 0 aliphatic heterocycles. The van der Waals surface area contributed by atoms with Crippen molar-refractivity contribution in [3.63, 3.8) is 0 Å². The minimum atomic E-state index is -0.850. The van der Waals surface area contributed by atoms with Crippen molar-refractivity contribution in [2.45, 2.75) is 5.88 Å². The van der Waals surface area contributed by atoms with Crippen LogP contribution in [0.3, 0.4) is 0 Å². The summed E-state index contributed by atoms with van der Waals surface area (Å²) in [5.41, 5.74) is 0.458. The Morgan fingerprint density at radius 2 is 2.15 bits per heavy atom. The zero-order valence-corrected chi connectivity index (χ0v) is 7.92. The summed E-state index contributed by atoms with van der Waals surface area (Å²) in [5, 5.41) is 0.598. The van der Waals surface area contributed by atoms with Crippen molar-refractivity contribution in [2.75, 3.05) is 0 Å². The number of benzene rings is 1. The maximum atomic E-state index is 13.1. The summed E-state index contributed by atoms with van der Waals surface area (Å²) in [6.45, 7) is 0. The number of thiazole rings is 1. The molecule has 0 unspecified atom stereocenters. The quantitative estimate of drug-likeness (QED) is 0.671. The molecule has 0 saturated carbocycles. The zero-order valence-electron chi connectivity index (χ0n) is 6.35. The predicted molar refractivity (Wildman–Crippen MR) is 49.1 cm³/mol. The smallest absolute Gasteiger partial charge is 0.178 e. The number of nitrogens with zero attached hydrogens (tertiary/aromatic N) is 1. The largest absolute Gasteiger partial charge is 0.240 e. The van der Waals surface area contributed by atoms with E-state index in [2.05, 4.69) is 4.98 Å². The summed E-state index contributed by atoms with van der Waals surface area (Å²) in [6.07, 6.45) is 0. The Labute approximate surface area is 82.0 Å². The van der Waals surface area contributed by atoms with Gasteiger partial charge in [0.25, 0.3) is 0 Å². The minimum Gasteiger partial charge on any atom is -0.240 e. The van der Waals surface area contributed by atoms with Crippen LogP contribution in [0, 0.1) is 11.6 Å². The SMILES string of the molecule is Fc1ccc2nc(CCl)sc2c1F. The lowest BCUT2D eigenvalue weighted by Gasteiger charge is -1.90. The lowest BCUT2D eigenvalue weighted by molar-refractivity contribution is 0.518. The van der Waals surface area contributed by atoms with E-state index >= 15 is 0 Å². The van der Waals surface area contributed by atoms with E-state index in [0.29, 0.717) is 10.5 Å². The Kier molecular flexibility index (Phi) is 2.17. The molecule has 2 aromatic rings. The molecular weight excluding hydrogens is 216 g/mol. The van der Waals surface area contributed by atoms with Crippen molar-refractivity contribution < 1.29 is 8.78 Å². The number of hydrogen-bond donors (Lipinski definition) is 0. The van der Waals surface area contributed by atoms with E-state index in [9.17, 15) is 8.78 Å². The number of alkyl halides is 1. The van der Waals surface area contributed by atoms with Gasteiger partial charge in [-0.1, -0.05) is 0 Å². The Balaban J connectivity index is 2.76. The van der Waals surface area contributed by atoms with E-state index in [0.717, 1.165) is 17.4 Å². The summed E-state index contributed by atoms with van der Waals surface area (Å²) < 4.78 is 26.1. The second-order valence-electron chi connectivity index (χ2n) is 2.45. The fraction of sp³-hybridized carbons (Fsp3) is 0.125. The Hall–Kier alpha value is -0.740. The van der Waals surface area contributed by atoms with Gasteiger partial charge in [-0.3, -0.25) is 0 Å². The van der Waals surface area contributed by atoms with Crippen molar-refractivity contribution in [3.05, 3.63) is 28.8 Å². The highest BCUT2D eigenvalue weighted by molar-refractivity contribution is 7.18. The molecule has 0 aliphatic rings. The molecule has 1 nitrogen and oxygen atoms in total. The van der Waals surface area contributed by atoms with Crippen LogP contribution in [0.5, 0.6) is 0 Å². The highest BCUT2D eigenvalue weighted by Crippen LogP contribution is 2.27. The maximum Gasteiger partial charge on any atom is 0.178 e. The van der Waals surface area contributed by atoms with Crippen molar-refractivity contribution in [1.82, 2.24) is 4.98 Å². The van der Waals surface area contributed by atoms with Crippen LogP contribution in [-0.2, 0) is 5.88 Å². The van der Waals surface area contributed by atoms with Crippen molar-refractivity contribution in [1.29, 1.82) is 0 Å². The van der Waals surface area contributed by atoms with Gasteiger partial charge in [-0.2, -0.15) is 0 Å². The Morgan fingerprint density at radius 3 is 2.85 bits per heavy atom. The highest BCUT2D eigenvalue weighted by Gasteiger charge is 2.11. The molecule has 0 fully saturated rings. The van der Waals surface area contributed by atoms with Crippen molar-refractivity contribution in [2.24, 2.45) is 0 Å². The third kappa shape index (κ3) is 1.40. The van der Waals surface area contributed by atoms with Crippen LogP contribution in [0.1, 0.15) is 5.01 Å². The number of halogens is 3. The summed E-state index contributed by atoms with van der Waals surface area (Å²) >= 11 is 6.60. The van der Waals surface area contributed by atoms with Gasteiger partial charge in [0.15, 0.2) is 11.6 Å². The number of fused-ring (bicyclic) bond motifs is 1.